The molecule has 4 rings (SSSR count). The van der Waals surface area contributed by atoms with Crippen molar-refractivity contribution in [2.24, 2.45) is 5.92 Å². The highest BCUT2D eigenvalue weighted by atomic mass is 19.1. The van der Waals surface area contributed by atoms with Gasteiger partial charge in [-0.3, -0.25) is 9.69 Å². The molecule has 0 aliphatic carbocycles. The van der Waals surface area contributed by atoms with Crippen LogP contribution in [0.15, 0.2) is 30.5 Å². The lowest BCUT2D eigenvalue weighted by Crippen LogP contribution is -2.51. The molecule has 1 aromatic heterocycles. The molecular formula is C19H23FN4O. The third-order valence-electron chi connectivity index (χ3n) is 5.36. The second-order valence-electron chi connectivity index (χ2n) is 7.22. The summed E-state index contributed by atoms with van der Waals surface area (Å²) < 4.78 is 15.2. The van der Waals surface area contributed by atoms with Gasteiger partial charge in [0.15, 0.2) is 0 Å². The minimum absolute atomic E-state index is 0.155. The summed E-state index contributed by atoms with van der Waals surface area (Å²) in [6, 6.07) is 6.81. The van der Waals surface area contributed by atoms with Crippen molar-refractivity contribution >= 4 is 5.91 Å². The molecule has 5 nitrogen and oxygen atoms in total. The van der Waals surface area contributed by atoms with Gasteiger partial charge in [-0.2, -0.15) is 5.10 Å². The first-order valence-corrected chi connectivity index (χ1v) is 8.85. The van der Waals surface area contributed by atoms with Gasteiger partial charge < -0.3 is 4.90 Å². The first-order valence-electron chi connectivity index (χ1n) is 8.85. The molecular weight excluding hydrogens is 319 g/mol. The van der Waals surface area contributed by atoms with Crippen LogP contribution >= 0.6 is 0 Å². The van der Waals surface area contributed by atoms with Crippen molar-refractivity contribution in [3.05, 3.63) is 47.5 Å². The number of carbonyl (C=O) groups excluding carboxylic acids is 1. The Labute approximate surface area is 147 Å². The third kappa shape index (κ3) is 3.06. The lowest BCUT2D eigenvalue weighted by atomic mass is 10.1. The van der Waals surface area contributed by atoms with Crippen LogP contribution in [0.1, 0.15) is 24.6 Å². The van der Waals surface area contributed by atoms with Gasteiger partial charge in [0.1, 0.15) is 5.82 Å². The van der Waals surface area contributed by atoms with Crippen molar-refractivity contribution in [3.8, 4) is 5.69 Å². The van der Waals surface area contributed by atoms with Crippen molar-refractivity contribution in [3.63, 3.8) is 0 Å². The van der Waals surface area contributed by atoms with Crippen LogP contribution in [-0.2, 0) is 11.3 Å². The number of hydrogen-bond donors (Lipinski definition) is 0. The van der Waals surface area contributed by atoms with E-state index in [9.17, 15) is 9.18 Å². The van der Waals surface area contributed by atoms with Gasteiger partial charge in [-0.1, -0.05) is 13.0 Å². The van der Waals surface area contributed by atoms with Gasteiger partial charge in [-0.25, -0.2) is 9.07 Å². The number of amides is 1. The summed E-state index contributed by atoms with van der Waals surface area (Å²) in [5.74, 6) is 0.200. The number of halogens is 1. The highest BCUT2D eigenvalue weighted by Gasteiger charge is 2.39. The maximum absolute atomic E-state index is 13.4. The van der Waals surface area contributed by atoms with Gasteiger partial charge in [0.2, 0.25) is 5.91 Å². The van der Waals surface area contributed by atoms with E-state index in [0.717, 1.165) is 49.5 Å². The summed E-state index contributed by atoms with van der Waals surface area (Å²) >= 11 is 0. The summed E-state index contributed by atoms with van der Waals surface area (Å²) in [5, 5.41) is 4.54. The SMILES string of the molecule is Cc1nn(-c2cccc(F)c2)cc1CN1CCN2C(=O)C(C)CC2C1. The molecule has 132 valence electrons. The van der Waals surface area contributed by atoms with E-state index in [0.29, 0.717) is 11.9 Å². The topological polar surface area (TPSA) is 41.4 Å². The lowest BCUT2D eigenvalue weighted by Gasteiger charge is -2.37. The van der Waals surface area contributed by atoms with Gasteiger partial charge in [-0.05, 0) is 31.5 Å². The molecule has 0 N–H and O–H groups in total. The van der Waals surface area contributed by atoms with E-state index in [1.54, 1.807) is 10.7 Å². The number of benzene rings is 1. The Hall–Kier alpha value is -2.21. The number of fused-ring (bicyclic) bond motifs is 1. The highest BCUT2D eigenvalue weighted by Crippen LogP contribution is 2.28. The smallest absolute Gasteiger partial charge is 0.225 e. The number of nitrogens with zero attached hydrogens (tertiary/aromatic N) is 4. The number of hydrogen-bond acceptors (Lipinski definition) is 3. The van der Waals surface area contributed by atoms with Gasteiger partial charge in [0.25, 0.3) is 0 Å². The summed E-state index contributed by atoms with van der Waals surface area (Å²) in [7, 11) is 0. The Morgan fingerprint density at radius 2 is 2.16 bits per heavy atom. The molecule has 25 heavy (non-hydrogen) atoms. The van der Waals surface area contributed by atoms with Crippen molar-refractivity contribution in [1.82, 2.24) is 19.6 Å². The zero-order valence-corrected chi connectivity index (χ0v) is 14.7. The average Bonchev–Trinajstić information content (AvgIpc) is 3.08. The third-order valence-corrected chi connectivity index (χ3v) is 5.36. The first kappa shape index (κ1) is 16.3. The van der Waals surface area contributed by atoms with Gasteiger partial charge in [-0.15, -0.1) is 0 Å². The fourth-order valence-corrected chi connectivity index (χ4v) is 3.99. The molecule has 2 aromatic rings. The molecule has 2 atom stereocenters. The molecule has 2 aliphatic heterocycles. The van der Waals surface area contributed by atoms with Crippen LogP contribution in [0.3, 0.4) is 0 Å². The zero-order valence-electron chi connectivity index (χ0n) is 14.7. The molecule has 2 saturated heterocycles. The molecule has 6 heteroatoms. The maximum Gasteiger partial charge on any atom is 0.225 e. The number of aryl methyl sites for hydroxylation is 1. The van der Waals surface area contributed by atoms with E-state index in [2.05, 4.69) is 10.00 Å². The van der Waals surface area contributed by atoms with Crippen LogP contribution in [0.4, 0.5) is 4.39 Å². The molecule has 3 heterocycles. The number of piperazine rings is 1. The summed E-state index contributed by atoms with van der Waals surface area (Å²) in [6.07, 6.45) is 2.94. The van der Waals surface area contributed by atoms with E-state index < -0.39 is 0 Å². The van der Waals surface area contributed by atoms with E-state index in [4.69, 9.17) is 0 Å². The lowest BCUT2D eigenvalue weighted by molar-refractivity contribution is -0.133. The second kappa shape index (κ2) is 6.26. The largest absolute Gasteiger partial charge is 0.337 e. The summed E-state index contributed by atoms with van der Waals surface area (Å²) in [5.41, 5.74) is 2.84. The first-order chi connectivity index (χ1) is 12.0. The maximum atomic E-state index is 13.4. The fraction of sp³-hybridized carbons (Fsp3) is 0.474. The van der Waals surface area contributed by atoms with Crippen LogP contribution in [0, 0.1) is 18.7 Å². The number of aromatic nitrogens is 2. The molecule has 0 radical (unpaired) electrons. The molecule has 2 aliphatic rings. The van der Waals surface area contributed by atoms with Crippen LogP contribution in [0.25, 0.3) is 5.69 Å². The van der Waals surface area contributed by atoms with Gasteiger partial charge in [0, 0.05) is 49.9 Å². The number of rotatable bonds is 3. The molecule has 1 aromatic carbocycles. The molecule has 1 amide bonds. The minimum Gasteiger partial charge on any atom is -0.337 e. The molecule has 0 bridgehead atoms. The van der Waals surface area contributed by atoms with Crippen molar-refractivity contribution in [2.45, 2.75) is 32.9 Å². The minimum atomic E-state index is -0.261. The van der Waals surface area contributed by atoms with E-state index >= 15 is 0 Å². The predicted octanol–water partition coefficient (Wildman–Crippen LogP) is 2.37. The Bertz CT molecular complexity index is 802. The van der Waals surface area contributed by atoms with Gasteiger partial charge >= 0.3 is 0 Å². The van der Waals surface area contributed by atoms with Crippen molar-refractivity contribution < 1.29 is 9.18 Å². The Morgan fingerprint density at radius 3 is 2.96 bits per heavy atom. The molecule has 0 saturated carbocycles. The van der Waals surface area contributed by atoms with Crippen LogP contribution in [0.5, 0.6) is 0 Å². The monoisotopic (exact) mass is 342 g/mol. The molecule has 0 spiro atoms. The van der Waals surface area contributed by atoms with E-state index in [-0.39, 0.29) is 11.7 Å². The Morgan fingerprint density at radius 1 is 1.32 bits per heavy atom. The fourth-order valence-electron chi connectivity index (χ4n) is 3.99. The van der Waals surface area contributed by atoms with E-state index in [1.807, 2.05) is 31.0 Å². The van der Waals surface area contributed by atoms with Crippen LogP contribution in [0.2, 0.25) is 0 Å². The van der Waals surface area contributed by atoms with Crippen molar-refractivity contribution in [1.29, 1.82) is 0 Å². The average molecular weight is 342 g/mol. The molecule has 2 fully saturated rings. The standard InChI is InChI=1S/C19H23FN4O/c1-13-8-18-12-22(6-7-23(18)19(13)25)10-15-11-24(21-14(15)2)17-5-3-4-16(20)9-17/h3-5,9,11,13,18H,6-8,10,12H2,1-2H3. The second-order valence-corrected chi connectivity index (χ2v) is 7.22. The Kier molecular flexibility index (Phi) is 4.07. The summed E-state index contributed by atoms with van der Waals surface area (Å²) in [4.78, 5) is 16.6. The van der Waals surface area contributed by atoms with Crippen molar-refractivity contribution in [2.75, 3.05) is 19.6 Å². The quantitative estimate of drug-likeness (QED) is 0.860. The highest BCUT2D eigenvalue weighted by molar-refractivity contribution is 5.81. The normalized spacial score (nSPS) is 24.0. The van der Waals surface area contributed by atoms with Gasteiger partial charge in [0.05, 0.1) is 11.4 Å². The van der Waals surface area contributed by atoms with Crippen LogP contribution < -0.4 is 0 Å². The van der Waals surface area contributed by atoms with E-state index in [1.165, 1.54) is 12.1 Å². The summed E-state index contributed by atoms with van der Waals surface area (Å²) in [6.45, 7) is 7.44. The Balaban J connectivity index is 1.48. The molecule has 2 unspecified atom stereocenters. The predicted molar refractivity (Wildman–Crippen MR) is 92.8 cm³/mol. The zero-order chi connectivity index (χ0) is 17.6. The van der Waals surface area contributed by atoms with Crippen LogP contribution in [-0.4, -0.2) is 51.2 Å². The number of carbonyl (C=O) groups is 1.